The lowest BCUT2D eigenvalue weighted by molar-refractivity contribution is 0.834. The number of aryl methyl sites for hydroxylation is 2. The van der Waals surface area contributed by atoms with Crippen LogP contribution in [-0.4, -0.2) is 6.54 Å². The van der Waals surface area contributed by atoms with E-state index < -0.39 is 0 Å². The highest BCUT2D eigenvalue weighted by Gasteiger charge is 2.05. The topological polar surface area (TPSA) is 26.0 Å². The quantitative estimate of drug-likeness (QED) is 0.846. The molecule has 0 bridgehead atoms. The Hall–Kier alpha value is -1.60. The fourth-order valence-electron chi connectivity index (χ4n) is 2.17. The zero-order chi connectivity index (χ0) is 12.1. The number of rotatable bonds is 4. The van der Waals surface area contributed by atoms with Crippen LogP contribution in [0.2, 0.25) is 0 Å². The van der Waals surface area contributed by atoms with E-state index in [1.807, 2.05) is 0 Å². The second kappa shape index (κ2) is 5.65. The molecule has 2 aromatic rings. The number of hydrogen-bond acceptors (Lipinski definition) is 1. The fraction of sp³-hybridized carbons (Fsp3) is 0.250. The lowest BCUT2D eigenvalue weighted by Crippen LogP contribution is -2.01. The van der Waals surface area contributed by atoms with Crippen LogP contribution >= 0.6 is 0 Å². The third-order valence-corrected chi connectivity index (χ3v) is 3.10. The Morgan fingerprint density at radius 1 is 0.882 bits per heavy atom. The van der Waals surface area contributed by atoms with Gasteiger partial charge in [0, 0.05) is 0 Å². The van der Waals surface area contributed by atoms with Crippen molar-refractivity contribution in [2.45, 2.75) is 19.8 Å². The molecule has 0 saturated heterocycles. The Morgan fingerprint density at radius 3 is 2.24 bits per heavy atom. The molecule has 0 saturated carbocycles. The first-order valence-electron chi connectivity index (χ1n) is 6.17. The number of nitrogens with two attached hydrogens (primary N) is 1. The van der Waals surface area contributed by atoms with Crippen LogP contribution < -0.4 is 5.73 Å². The molecule has 1 heteroatoms. The molecule has 88 valence electrons. The molecule has 0 aliphatic carbocycles. The van der Waals surface area contributed by atoms with Crippen molar-refractivity contribution in [3.63, 3.8) is 0 Å². The van der Waals surface area contributed by atoms with E-state index in [2.05, 4.69) is 55.5 Å². The molecule has 0 aliphatic heterocycles. The molecule has 17 heavy (non-hydrogen) atoms. The van der Waals surface area contributed by atoms with E-state index >= 15 is 0 Å². The zero-order valence-electron chi connectivity index (χ0n) is 10.3. The van der Waals surface area contributed by atoms with Crippen LogP contribution in [0.25, 0.3) is 11.1 Å². The smallest absolute Gasteiger partial charge is 0.00741 e. The van der Waals surface area contributed by atoms with Crippen molar-refractivity contribution in [3.8, 4) is 11.1 Å². The summed E-state index contributed by atoms with van der Waals surface area (Å²) in [5.74, 6) is 0. The van der Waals surface area contributed by atoms with Gasteiger partial charge < -0.3 is 5.73 Å². The minimum absolute atomic E-state index is 0.752. The average Bonchev–Trinajstić information content (AvgIpc) is 2.37. The van der Waals surface area contributed by atoms with Crippen LogP contribution in [0.3, 0.4) is 0 Å². The van der Waals surface area contributed by atoms with Crippen LogP contribution in [0, 0.1) is 6.92 Å². The van der Waals surface area contributed by atoms with Gasteiger partial charge in [-0.3, -0.25) is 0 Å². The fourth-order valence-corrected chi connectivity index (χ4v) is 2.17. The van der Waals surface area contributed by atoms with Crippen molar-refractivity contribution in [2.75, 3.05) is 6.54 Å². The summed E-state index contributed by atoms with van der Waals surface area (Å²) in [7, 11) is 0. The molecule has 0 heterocycles. The van der Waals surface area contributed by atoms with Crippen molar-refractivity contribution in [3.05, 3.63) is 59.7 Å². The van der Waals surface area contributed by atoms with Gasteiger partial charge in [-0.15, -0.1) is 0 Å². The largest absolute Gasteiger partial charge is 0.330 e. The lowest BCUT2D eigenvalue weighted by atomic mass is 9.94. The standard InChI is InChI=1S/C16H19N/c1-13-7-2-4-10-15(13)16-11-5-3-8-14(16)9-6-12-17/h2-5,7-8,10-11H,6,9,12,17H2,1H3. The Bertz CT molecular complexity index is 488. The summed E-state index contributed by atoms with van der Waals surface area (Å²) >= 11 is 0. The summed E-state index contributed by atoms with van der Waals surface area (Å²) in [4.78, 5) is 0. The Balaban J connectivity index is 2.41. The van der Waals surface area contributed by atoms with Crippen LogP contribution in [-0.2, 0) is 6.42 Å². The maximum absolute atomic E-state index is 5.60. The molecule has 0 aliphatic rings. The van der Waals surface area contributed by atoms with E-state index in [1.54, 1.807) is 0 Å². The Morgan fingerprint density at radius 2 is 1.53 bits per heavy atom. The van der Waals surface area contributed by atoms with E-state index in [4.69, 9.17) is 5.73 Å². The number of hydrogen-bond donors (Lipinski definition) is 1. The van der Waals surface area contributed by atoms with Gasteiger partial charge >= 0.3 is 0 Å². The van der Waals surface area contributed by atoms with E-state index in [0.29, 0.717) is 0 Å². The molecule has 0 unspecified atom stereocenters. The van der Waals surface area contributed by atoms with Gasteiger partial charge in [0.1, 0.15) is 0 Å². The molecule has 0 radical (unpaired) electrons. The van der Waals surface area contributed by atoms with Gasteiger partial charge in [0.25, 0.3) is 0 Å². The second-order valence-corrected chi connectivity index (χ2v) is 4.36. The molecular weight excluding hydrogens is 206 g/mol. The average molecular weight is 225 g/mol. The third kappa shape index (κ3) is 2.75. The molecule has 0 amide bonds. The normalized spacial score (nSPS) is 10.5. The van der Waals surface area contributed by atoms with E-state index in [-0.39, 0.29) is 0 Å². The molecule has 0 atom stereocenters. The first-order valence-corrected chi connectivity index (χ1v) is 6.17. The van der Waals surface area contributed by atoms with Crippen LogP contribution in [0.5, 0.6) is 0 Å². The van der Waals surface area contributed by atoms with Crippen molar-refractivity contribution in [1.82, 2.24) is 0 Å². The third-order valence-electron chi connectivity index (χ3n) is 3.10. The van der Waals surface area contributed by atoms with Gasteiger partial charge in [0.15, 0.2) is 0 Å². The SMILES string of the molecule is Cc1ccccc1-c1ccccc1CCCN. The van der Waals surface area contributed by atoms with E-state index in [0.717, 1.165) is 19.4 Å². The minimum atomic E-state index is 0.752. The molecule has 2 aromatic carbocycles. The summed E-state index contributed by atoms with van der Waals surface area (Å²) in [5, 5.41) is 0. The second-order valence-electron chi connectivity index (χ2n) is 4.36. The first-order chi connectivity index (χ1) is 8.33. The number of benzene rings is 2. The van der Waals surface area contributed by atoms with Crippen molar-refractivity contribution < 1.29 is 0 Å². The van der Waals surface area contributed by atoms with Crippen molar-refractivity contribution >= 4 is 0 Å². The van der Waals surface area contributed by atoms with Gasteiger partial charge in [-0.1, -0.05) is 48.5 Å². The van der Waals surface area contributed by atoms with Gasteiger partial charge in [0.05, 0.1) is 0 Å². The van der Waals surface area contributed by atoms with Gasteiger partial charge in [-0.05, 0) is 48.6 Å². The highest BCUT2D eigenvalue weighted by Crippen LogP contribution is 2.27. The zero-order valence-corrected chi connectivity index (χ0v) is 10.3. The monoisotopic (exact) mass is 225 g/mol. The van der Waals surface area contributed by atoms with Gasteiger partial charge in [0.2, 0.25) is 0 Å². The van der Waals surface area contributed by atoms with E-state index in [9.17, 15) is 0 Å². The highest BCUT2D eigenvalue weighted by molar-refractivity contribution is 5.70. The summed E-state index contributed by atoms with van der Waals surface area (Å²) < 4.78 is 0. The molecule has 0 aromatic heterocycles. The molecule has 1 nitrogen and oxygen atoms in total. The van der Waals surface area contributed by atoms with Crippen LogP contribution in [0.1, 0.15) is 17.5 Å². The highest BCUT2D eigenvalue weighted by atomic mass is 14.5. The molecule has 0 fully saturated rings. The Kier molecular flexibility index (Phi) is 3.94. The predicted molar refractivity (Wildman–Crippen MR) is 74.0 cm³/mol. The predicted octanol–water partition coefficient (Wildman–Crippen LogP) is 3.55. The van der Waals surface area contributed by atoms with Gasteiger partial charge in [-0.2, -0.15) is 0 Å². The van der Waals surface area contributed by atoms with Gasteiger partial charge in [-0.25, -0.2) is 0 Å². The summed E-state index contributed by atoms with van der Waals surface area (Å²) in [6.45, 7) is 2.91. The first kappa shape index (κ1) is 11.9. The Labute approximate surface area is 103 Å². The van der Waals surface area contributed by atoms with Crippen molar-refractivity contribution in [2.24, 2.45) is 5.73 Å². The molecular formula is C16H19N. The van der Waals surface area contributed by atoms with Crippen molar-refractivity contribution in [1.29, 1.82) is 0 Å². The van der Waals surface area contributed by atoms with Crippen LogP contribution in [0.4, 0.5) is 0 Å². The summed E-state index contributed by atoms with van der Waals surface area (Å²) in [6.07, 6.45) is 2.10. The lowest BCUT2D eigenvalue weighted by Gasteiger charge is -2.11. The van der Waals surface area contributed by atoms with E-state index in [1.165, 1.54) is 22.3 Å². The summed E-state index contributed by atoms with van der Waals surface area (Å²) in [6, 6.07) is 17.2. The molecule has 2 rings (SSSR count). The van der Waals surface area contributed by atoms with Crippen LogP contribution in [0.15, 0.2) is 48.5 Å². The molecule has 2 N–H and O–H groups in total. The maximum atomic E-state index is 5.60. The minimum Gasteiger partial charge on any atom is -0.330 e. The maximum Gasteiger partial charge on any atom is -0.00741 e. The summed E-state index contributed by atoms with van der Waals surface area (Å²) in [5.41, 5.74) is 11.0. The molecule has 0 spiro atoms.